The molecule has 0 aliphatic rings. The van der Waals surface area contributed by atoms with Crippen LogP contribution in [0.25, 0.3) is 0 Å². The first-order chi connectivity index (χ1) is 17.0. The number of benzene rings is 2. The highest BCUT2D eigenvalue weighted by Crippen LogP contribution is 2.33. The van der Waals surface area contributed by atoms with Crippen molar-refractivity contribution >= 4 is 35.3 Å². The summed E-state index contributed by atoms with van der Waals surface area (Å²) in [5, 5.41) is 36.2. The third-order valence-corrected chi connectivity index (χ3v) is 4.43. The summed E-state index contributed by atoms with van der Waals surface area (Å²) in [6.45, 7) is -3.91. The molecule has 2 aromatic carbocycles. The highest BCUT2D eigenvalue weighted by atomic mass is 19.1. The van der Waals surface area contributed by atoms with Gasteiger partial charge in [-0.15, -0.1) is 0 Å². The number of rotatable bonds is 15. The molecule has 0 atom stereocenters. The standard InChI is InChI=1S/C22H22F2N2O10/c23-13-3-1-5-15(21(13)25(9-17(27)28)10-18(29)30)35-7-8-36-16-6-2-4-14(24)22(16)26(11-19(31)32)12-20(33)34/h1-6H,7-12H2,(H,27,28)(H,29,30)(H,31,32)(H,33,34). The topological polar surface area (TPSA) is 174 Å². The van der Waals surface area contributed by atoms with Gasteiger partial charge in [0, 0.05) is 0 Å². The van der Waals surface area contributed by atoms with Gasteiger partial charge in [0.15, 0.2) is 0 Å². The average Bonchev–Trinajstić information content (AvgIpc) is 2.74. The molecule has 0 radical (unpaired) electrons. The van der Waals surface area contributed by atoms with Gasteiger partial charge < -0.3 is 39.7 Å². The van der Waals surface area contributed by atoms with Crippen LogP contribution >= 0.6 is 0 Å². The summed E-state index contributed by atoms with van der Waals surface area (Å²) in [6, 6.07) is 7.07. The lowest BCUT2D eigenvalue weighted by Crippen LogP contribution is -2.35. The second-order valence-corrected chi connectivity index (χ2v) is 7.16. The summed E-state index contributed by atoms with van der Waals surface area (Å²) in [7, 11) is 0. The fraction of sp³-hybridized carbons (Fsp3) is 0.273. The van der Waals surface area contributed by atoms with E-state index in [1.54, 1.807) is 0 Å². The van der Waals surface area contributed by atoms with Gasteiger partial charge in [-0.25, -0.2) is 8.78 Å². The van der Waals surface area contributed by atoms with Crippen LogP contribution in [0, 0.1) is 11.6 Å². The van der Waals surface area contributed by atoms with Crippen LogP contribution in [0.1, 0.15) is 0 Å². The number of anilines is 2. The minimum Gasteiger partial charge on any atom is -0.488 e. The minimum atomic E-state index is -1.40. The molecule has 194 valence electrons. The Labute approximate surface area is 202 Å². The van der Waals surface area contributed by atoms with Gasteiger partial charge in [-0.05, 0) is 24.3 Å². The van der Waals surface area contributed by atoms with E-state index in [4.69, 9.17) is 29.9 Å². The first-order valence-electron chi connectivity index (χ1n) is 10.2. The van der Waals surface area contributed by atoms with Crippen LogP contribution in [0.5, 0.6) is 11.5 Å². The Morgan fingerprint density at radius 1 is 0.611 bits per heavy atom. The van der Waals surface area contributed by atoms with Crippen molar-refractivity contribution in [1.29, 1.82) is 0 Å². The van der Waals surface area contributed by atoms with E-state index in [9.17, 15) is 28.0 Å². The van der Waals surface area contributed by atoms with Gasteiger partial charge in [-0.2, -0.15) is 0 Å². The number of carboxylic acids is 4. The van der Waals surface area contributed by atoms with Crippen molar-refractivity contribution < 1.29 is 57.9 Å². The number of carbonyl (C=O) groups is 4. The molecule has 2 aromatic rings. The van der Waals surface area contributed by atoms with Crippen LogP contribution in [0.15, 0.2) is 36.4 Å². The molecule has 36 heavy (non-hydrogen) atoms. The molecule has 12 nitrogen and oxygen atoms in total. The average molecular weight is 512 g/mol. The highest BCUT2D eigenvalue weighted by Gasteiger charge is 2.24. The molecule has 0 fully saturated rings. The van der Waals surface area contributed by atoms with E-state index in [2.05, 4.69) is 0 Å². The Balaban J connectivity index is 2.20. The van der Waals surface area contributed by atoms with E-state index in [0.717, 1.165) is 21.9 Å². The summed E-state index contributed by atoms with van der Waals surface area (Å²) in [5.41, 5.74) is -0.800. The minimum absolute atomic E-state index is 0.182. The van der Waals surface area contributed by atoms with Crippen LogP contribution in [0.2, 0.25) is 0 Å². The lowest BCUT2D eigenvalue weighted by molar-refractivity contribution is -0.138. The molecule has 0 heterocycles. The van der Waals surface area contributed by atoms with Crippen LogP contribution in [-0.2, 0) is 19.2 Å². The first kappa shape index (κ1) is 27.6. The summed E-state index contributed by atoms with van der Waals surface area (Å²) in [6.07, 6.45) is 0. The molecule has 0 aliphatic carbocycles. The maximum absolute atomic E-state index is 14.5. The lowest BCUT2D eigenvalue weighted by atomic mass is 10.2. The van der Waals surface area contributed by atoms with Crippen molar-refractivity contribution in [3.63, 3.8) is 0 Å². The summed E-state index contributed by atoms with van der Waals surface area (Å²) in [4.78, 5) is 46.0. The molecular formula is C22H22F2N2O10. The maximum atomic E-state index is 14.5. The Morgan fingerprint density at radius 2 is 0.917 bits per heavy atom. The second-order valence-electron chi connectivity index (χ2n) is 7.16. The molecule has 0 unspecified atom stereocenters. The van der Waals surface area contributed by atoms with E-state index >= 15 is 0 Å². The number of hydrogen-bond donors (Lipinski definition) is 4. The molecule has 14 heteroatoms. The summed E-state index contributed by atoms with van der Waals surface area (Å²) >= 11 is 0. The van der Waals surface area contributed by atoms with Crippen LogP contribution in [0.3, 0.4) is 0 Å². The normalized spacial score (nSPS) is 10.4. The monoisotopic (exact) mass is 512 g/mol. The van der Waals surface area contributed by atoms with Gasteiger partial charge in [0.1, 0.15) is 73.9 Å². The van der Waals surface area contributed by atoms with Gasteiger partial charge >= 0.3 is 23.9 Å². The number of carboxylic acid groups (broad SMARTS) is 4. The Kier molecular flexibility index (Phi) is 9.77. The molecule has 0 spiro atoms. The van der Waals surface area contributed by atoms with E-state index in [-0.39, 0.29) is 24.7 Å². The molecule has 0 bridgehead atoms. The fourth-order valence-electron chi connectivity index (χ4n) is 3.22. The molecule has 0 aliphatic heterocycles. The summed E-state index contributed by atoms with van der Waals surface area (Å²) < 4.78 is 39.9. The number of hydrogen-bond acceptors (Lipinski definition) is 8. The van der Waals surface area contributed by atoms with Gasteiger partial charge in [0.05, 0.1) is 0 Å². The van der Waals surface area contributed by atoms with Crippen molar-refractivity contribution in [2.45, 2.75) is 0 Å². The predicted molar refractivity (Wildman–Crippen MR) is 119 cm³/mol. The van der Waals surface area contributed by atoms with Gasteiger partial charge in [-0.1, -0.05) is 12.1 Å². The van der Waals surface area contributed by atoms with E-state index in [0.29, 0.717) is 0 Å². The van der Waals surface area contributed by atoms with Gasteiger partial charge in [0.2, 0.25) is 0 Å². The van der Waals surface area contributed by atoms with Crippen molar-refractivity contribution in [2.75, 3.05) is 49.2 Å². The number of para-hydroxylation sites is 2. The number of nitrogens with zero attached hydrogens (tertiary/aromatic N) is 2. The molecule has 2 rings (SSSR count). The van der Waals surface area contributed by atoms with E-state index in [1.165, 1.54) is 24.3 Å². The molecular weight excluding hydrogens is 490 g/mol. The molecule has 4 N–H and O–H groups in total. The fourth-order valence-corrected chi connectivity index (χ4v) is 3.22. The first-order valence-corrected chi connectivity index (χ1v) is 10.2. The highest BCUT2D eigenvalue weighted by molar-refractivity contribution is 5.82. The third kappa shape index (κ3) is 8.00. The van der Waals surface area contributed by atoms with Gasteiger partial charge in [-0.3, -0.25) is 19.2 Å². The van der Waals surface area contributed by atoms with Crippen LogP contribution in [0.4, 0.5) is 20.2 Å². The SMILES string of the molecule is O=C(O)CN(CC(=O)O)c1c(F)cccc1OCCOc1cccc(F)c1N(CC(=O)O)CC(=O)O. The number of halogens is 2. The Bertz CT molecular complexity index is 1010. The van der Waals surface area contributed by atoms with Crippen molar-refractivity contribution in [3.8, 4) is 11.5 Å². The predicted octanol–water partition coefficient (Wildman–Crippen LogP) is 1.37. The lowest BCUT2D eigenvalue weighted by Gasteiger charge is -2.25. The van der Waals surface area contributed by atoms with E-state index < -0.39 is 73.1 Å². The Hall–Kier alpha value is -4.62. The zero-order chi connectivity index (χ0) is 26.8. The van der Waals surface area contributed by atoms with Crippen molar-refractivity contribution in [2.24, 2.45) is 0 Å². The number of ether oxygens (including phenoxy) is 2. The van der Waals surface area contributed by atoms with Crippen molar-refractivity contribution in [3.05, 3.63) is 48.0 Å². The quantitative estimate of drug-likeness (QED) is 0.253. The largest absolute Gasteiger partial charge is 0.488 e. The zero-order valence-corrected chi connectivity index (χ0v) is 18.6. The third-order valence-electron chi connectivity index (χ3n) is 4.43. The smallest absolute Gasteiger partial charge is 0.323 e. The molecule has 0 aromatic heterocycles. The van der Waals surface area contributed by atoms with Crippen LogP contribution < -0.4 is 19.3 Å². The van der Waals surface area contributed by atoms with Crippen LogP contribution in [-0.4, -0.2) is 83.7 Å². The second kappa shape index (κ2) is 12.7. The summed E-state index contributed by atoms with van der Waals surface area (Å²) in [5.74, 6) is -7.83. The number of aliphatic carboxylic acids is 4. The maximum Gasteiger partial charge on any atom is 0.323 e. The Morgan fingerprint density at radius 3 is 1.19 bits per heavy atom. The zero-order valence-electron chi connectivity index (χ0n) is 18.6. The van der Waals surface area contributed by atoms with Gasteiger partial charge in [0.25, 0.3) is 0 Å². The van der Waals surface area contributed by atoms with E-state index in [1.807, 2.05) is 0 Å². The molecule has 0 saturated carbocycles. The van der Waals surface area contributed by atoms with Crippen molar-refractivity contribution in [1.82, 2.24) is 0 Å². The molecule has 0 amide bonds. The molecule has 0 saturated heterocycles.